The fraction of sp³-hybridized carbons (Fsp3) is 0.125. The van der Waals surface area contributed by atoms with Gasteiger partial charge in [0.2, 0.25) is 0 Å². The molecular formula is C16H12Cl2FNO3S. The van der Waals surface area contributed by atoms with Gasteiger partial charge in [0, 0.05) is 9.92 Å². The van der Waals surface area contributed by atoms with Crippen LogP contribution in [0.4, 0.5) is 10.1 Å². The van der Waals surface area contributed by atoms with Crippen molar-refractivity contribution in [2.75, 3.05) is 17.7 Å². The molecule has 1 amide bonds. The van der Waals surface area contributed by atoms with Gasteiger partial charge < -0.3 is 10.1 Å². The minimum absolute atomic E-state index is 0.101. The smallest absolute Gasteiger partial charge is 0.316 e. The molecule has 2 aromatic carbocycles. The van der Waals surface area contributed by atoms with E-state index in [-0.39, 0.29) is 10.8 Å². The SMILES string of the molecule is O=C(COC(=O)CSc1ccccc1F)Nc1ccc(Cl)cc1Cl. The van der Waals surface area contributed by atoms with Gasteiger partial charge in [-0.05, 0) is 30.3 Å². The zero-order valence-corrected chi connectivity index (χ0v) is 14.6. The molecule has 4 nitrogen and oxygen atoms in total. The lowest BCUT2D eigenvalue weighted by atomic mass is 10.3. The summed E-state index contributed by atoms with van der Waals surface area (Å²) in [6.45, 7) is -0.463. The second kappa shape index (κ2) is 8.92. The van der Waals surface area contributed by atoms with Crippen molar-refractivity contribution in [3.63, 3.8) is 0 Å². The maximum Gasteiger partial charge on any atom is 0.316 e. The molecule has 0 aliphatic carbocycles. The molecule has 0 fully saturated rings. The Hall–Kier alpha value is -1.76. The predicted molar refractivity (Wildman–Crippen MR) is 93.2 cm³/mol. The maximum atomic E-state index is 13.4. The molecular weight excluding hydrogens is 376 g/mol. The van der Waals surface area contributed by atoms with Gasteiger partial charge in [0.05, 0.1) is 16.5 Å². The molecule has 1 N–H and O–H groups in total. The number of halogens is 3. The number of hydrogen-bond donors (Lipinski definition) is 1. The van der Waals surface area contributed by atoms with E-state index in [9.17, 15) is 14.0 Å². The van der Waals surface area contributed by atoms with Crippen LogP contribution < -0.4 is 5.32 Å². The Kier molecular flexibility index (Phi) is 6.90. The van der Waals surface area contributed by atoms with Crippen molar-refractivity contribution in [3.05, 3.63) is 58.3 Å². The summed E-state index contributed by atoms with van der Waals surface area (Å²) >= 11 is 12.7. The van der Waals surface area contributed by atoms with E-state index in [1.807, 2.05) is 0 Å². The quantitative estimate of drug-likeness (QED) is 0.589. The molecule has 24 heavy (non-hydrogen) atoms. The van der Waals surface area contributed by atoms with E-state index < -0.39 is 24.3 Å². The van der Waals surface area contributed by atoms with E-state index in [4.69, 9.17) is 27.9 Å². The van der Waals surface area contributed by atoms with E-state index in [2.05, 4.69) is 5.32 Å². The average Bonchev–Trinajstić information content (AvgIpc) is 2.55. The van der Waals surface area contributed by atoms with Crippen LogP contribution in [0.15, 0.2) is 47.4 Å². The minimum atomic E-state index is -0.624. The third kappa shape index (κ3) is 5.70. The van der Waals surface area contributed by atoms with Crippen LogP contribution in [-0.2, 0) is 14.3 Å². The first kappa shape index (κ1) is 18.6. The van der Waals surface area contributed by atoms with Crippen LogP contribution in [-0.4, -0.2) is 24.2 Å². The third-order valence-corrected chi connectivity index (χ3v) is 4.32. The molecule has 0 aromatic heterocycles. The first-order valence-electron chi connectivity index (χ1n) is 6.73. The fourth-order valence-corrected chi connectivity index (χ4v) is 2.86. The van der Waals surface area contributed by atoms with Crippen molar-refractivity contribution in [2.24, 2.45) is 0 Å². The van der Waals surface area contributed by atoms with Gasteiger partial charge in [-0.25, -0.2) is 4.39 Å². The summed E-state index contributed by atoms with van der Waals surface area (Å²) < 4.78 is 18.2. The number of ether oxygens (including phenoxy) is 1. The van der Waals surface area contributed by atoms with E-state index in [1.165, 1.54) is 12.1 Å². The summed E-state index contributed by atoms with van der Waals surface area (Å²) in [4.78, 5) is 23.7. The molecule has 0 spiro atoms. The number of carbonyl (C=O) groups excluding carboxylic acids is 2. The summed E-state index contributed by atoms with van der Waals surface area (Å²) in [5.74, 6) is -1.68. The van der Waals surface area contributed by atoms with Gasteiger partial charge in [-0.3, -0.25) is 9.59 Å². The van der Waals surface area contributed by atoms with Crippen LogP contribution >= 0.6 is 35.0 Å². The number of hydrogen-bond acceptors (Lipinski definition) is 4. The summed E-state index contributed by atoms with van der Waals surface area (Å²) in [6, 6.07) is 10.7. The first-order chi connectivity index (χ1) is 11.5. The van der Waals surface area contributed by atoms with Crippen molar-refractivity contribution in [1.29, 1.82) is 0 Å². The van der Waals surface area contributed by atoms with Crippen LogP contribution in [0, 0.1) is 5.82 Å². The highest BCUT2D eigenvalue weighted by molar-refractivity contribution is 8.00. The molecule has 0 saturated carbocycles. The molecule has 126 valence electrons. The largest absolute Gasteiger partial charge is 0.455 e. The molecule has 0 unspecified atom stereocenters. The Labute approximate surface area is 152 Å². The number of thioether (sulfide) groups is 1. The number of carbonyl (C=O) groups is 2. The second-order valence-electron chi connectivity index (χ2n) is 4.55. The van der Waals surface area contributed by atoms with Gasteiger partial charge in [-0.1, -0.05) is 35.3 Å². The van der Waals surface area contributed by atoms with Crippen LogP contribution in [0.2, 0.25) is 10.0 Å². The van der Waals surface area contributed by atoms with Crippen LogP contribution in [0.25, 0.3) is 0 Å². The van der Waals surface area contributed by atoms with Crippen molar-refractivity contribution < 1.29 is 18.7 Å². The van der Waals surface area contributed by atoms with Gasteiger partial charge in [0.15, 0.2) is 6.61 Å². The lowest BCUT2D eigenvalue weighted by Gasteiger charge is -2.08. The molecule has 0 heterocycles. The van der Waals surface area contributed by atoms with Crippen LogP contribution in [0.3, 0.4) is 0 Å². The normalized spacial score (nSPS) is 10.3. The Morgan fingerprint density at radius 1 is 1.17 bits per heavy atom. The zero-order chi connectivity index (χ0) is 17.5. The van der Waals surface area contributed by atoms with E-state index in [0.717, 1.165) is 11.8 Å². The standard InChI is InChI=1S/C16H12Cl2FNO3S/c17-10-5-6-13(11(18)7-10)20-15(21)8-23-16(22)9-24-14-4-2-1-3-12(14)19/h1-7H,8-9H2,(H,20,21). The Morgan fingerprint density at radius 2 is 1.92 bits per heavy atom. The van der Waals surface area contributed by atoms with E-state index >= 15 is 0 Å². The highest BCUT2D eigenvalue weighted by Gasteiger charge is 2.11. The number of rotatable bonds is 6. The van der Waals surface area contributed by atoms with Crippen molar-refractivity contribution in [2.45, 2.75) is 4.90 Å². The van der Waals surface area contributed by atoms with E-state index in [1.54, 1.807) is 30.3 Å². The Balaban J connectivity index is 1.77. The lowest BCUT2D eigenvalue weighted by Crippen LogP contribution is -2.21. The molecule has 2 aromatic rings. The van der Waals surface area contributed by atoms with Gasteiger partial charge in [0.25, 0.3) is 5.91 Å². The Morgan fingerprint density at radius 3 is 2.62 bits per heavy atom. The zero-order valence-electron chi connectivity index (χ0n) is 12.2. The summed E-state index contributed by atoms with van der Waals surface area (Å²) in [5.41, 5.74) is 0.364. The highest BCUT2D eigenvalue weighted by Crippen LogP contribution is 2.25. The molecule has 2 rings (SSSR count). The van der Waals surface area contributed by atoms with Crippen molar-refractivity contribution in [3.8, 4) is 0 Å². The molecule has 8 heteroatoms. The third-order valence-electron chi connectivity index (χ3n) is 2.75. The predicted octanol–water partition coefficient (Wildman–Crippen LogP) is 4.41. The molecule has 0 bridgehead atoms. The fourth-order valence-electron chi connectivity index (χ4n) is 1.66. The number of benzene rings is 2. The molecule has 0 radical (unpaired) electrons. The van der Waals surface area contributed by atoms with Crippen molar-refractivity contribution in [1.82, 2.24) is 0 Å². The van der Waals surface area contributed by atoms with Crippen LogP contribution in [0.1, 0.15) is 0 Å². The number of esters is 1. The number of nitrogens with one attached hydrogen (secondary N) is 1. The lowest BCUT2D eigenvalue weighted by molar-refractivity contribution is -0.144. The van der Waals surface area contributed by atoms with E-state index in [0.29, 0.717) is 15.6 Å². The maximum absolute atomic E-state index is 13.4. The second-order valence-corrected chi connectivity index (χ2v) is 6.41. The average molecular weight is 388 g/mol. The van der Waals surface area contributed by atoms with Gasteiger partial charge in [-0.15, -0.1) is 11.8 Å². The minimum Gasteiger partial charge on any atom is -0.455 e. The first-order valence-corrected chi connectivity index (χ1v) is 8.47. The summed E-state index contributed by atoms with van der Waals surface area (Å²) in [6.07, 6.45) is 0. The Bertz CT molecular complexity index is 758. The number of amides is 1. The topological polar surface area (TPSA) is 55.4 Å². The summed E-state index contributed by atoms with van der Waals surface area (Å²) in [7, 11) is 0. The summed E-state index contributed by atoms with van der Waals surface area (Å²) in [5, 5.41) is 3.22. The highest BCUT2D eigenvalue weighted by atomic mass is 35.5. The van der Waals surface area contributed by atoms with Crippen LogP contribution in [0.5, 0.6) is 0 Å². The molecule has 0 aliphatic heterocycles. The van der Waals surface area contributed by atoms with Gasteiger partial charge in [-0.2, -0.15) is 0 Å². The molecule has 0 saturated heterocycles. The van der Waals surface area contributed by atoms with Crippen molar-refractivity contribution >= 4 is 52.5 Å². The molecule has 0 atom stereocenters. The number of anilines is 1. The van der Waals surface area contributed by atoms with Gasteiger partial charge in [0.1, 0.15) is 5.82 Å². The molecule has 0 aliphatic rings. The monoisotopic (exact) mass is 387 g/mol. The van der Waals surface area contributed by atoms with Gasteiger partial charge >= 0.3 is 5.97 Å².